The first-order valence-corrected chi connectivity index (χ1v) is 8.37. The Bertz CT molecular complexity index is 539. The molecule has 0 unspecified atom stereocenters. The van der Waals surface area contributed by atoms with Crippen molar-refractivity contribution in [2.45, 2.75) is 38.1 Å². The molecule has 2 nitrogen and oxygen atoms in total. The van der Waals surface area contributed by atoms with Gasteiger partial charge in [-0.15, -0.1) is 0 Å². The quantitative estimate of drug-likeness (QED) is 0.794. The van der Waals surface area contributed by atoms with Crippen LogP contribution in [0.15, 0.2) is 23.2 Å². The first-order valence-electron chi connectivity index (χ1n) is 7.01. The van der Waals surface area contributed by atoms with Gasteiger partial charge in [-0.3, -0.25) is 4.99 Å². The summed E-state index contributed by atoms with van der Waals surface area (Å²) in [4.78, 5) is 4.87. The van der Waals surface area contributed by atoms with E-state index in [2.05, 4.69) is 12.2 Å². The van der Waals surface area contributed by atoms with E-state index < -0.39 is 0 Å². The zero-order valence-corrected chi connectivity index (χ0v) is 13.0. The molecule has 1 spiro atoms. The highest BCUT2D eigenvalue weighted by atomic mass is 35.5. The van der Waals surface area contributed by atoms with E-state index in [1.807, 2.05) is 0 Å². The van der Waals surface area contributed by atoms with Crippen molar-refractivity contribution in [3.63, 3.8) is 0 Å². The smallest absolute Gasteiger partial charge is 0.161 e. The van der Waals surface area contributed by atoms with Crippen molar-refractivity contribution in [1.29, 1.82) is 0 Å². The summed E-state index contributed by atoms with van der Waals surface area (Å²) in [6.45, 7) is 2.31. The maximum atomic E-state index is 13.3. The summed E-state index contributed by atoms with van der Waals surface area (Å²) in [5, 5.41) is 4.56. The first kappa shape index (κ1) is 14.2. The highest BCUT2D eigenvalue weighted by molar-refractivity contribution is 8.14. The van der Waals surface area contributed by atoms with Crippen LogP contribution in [-0.2, 0) is 0 Å². The highest BCUT2D eigenvalue weighted by Crippen LogP contribution is 2.42. The lowest BCUT2D eigenvalue weighted by Gasteiger charge is -2.32. The normalized spacial score (nSPS) is 29.6. The fourth-order valence-electron chi connectivity index (χ4n) is 2.81. The summed E-state index contributed by atoms with van der Waals surface area (Å²) in [5.74, 6) is 1.55. The highest BCUT2D eigenvalue weighted by Gasteiger charge is 2.38. The van der Waals surface area contributed by atoms with Crippen molar-refractivity contribution in [2.75, 3.05) is 11.1 Å². The third-order valence-corrected chi connectivity index (χ3v) is 5.67. The van der Waals surface area contributed by atoms with E-state index in [0.717, 1.165) is 29.7 Å². The molecular formula is C15H18ClFN2S. The molecule has 0 amide bonds. The third kappa shape index (κ3) is 2.96. The fraction of sp³-hybridized carbons (Fsp3) is 0.533. The van der Waals surface area contributed by atoms with E-state index in [4.69, 9.17) is 16.6 Å². The van der Waals surface area contributed by atoms with Gasteiger partial charge in [0.25, 0.3) is 0 Å². The second-order valence-electron chi connectivity index (χ2n) is 5.86. The Hall–Kier alpha value is -0.740. The Balaban J connectivity index is 1.74. The molecule has 1 aromatic carbocycles. The van der Waals surface area contributed by atoms with Crippen molar-refractivity contribution in [2.24, 2.45) is 10.9 Å². The number of hydrogen-bond donors (Lipinski definition) is 1. The summed E-state index contributed by atoms with van der Waals surface area (Å²) in [6, 6.07) is 4.35. The lowest BCUT2D eigenvalue weighted by molar-refractivity contribution is 0.273. The minimum absolute atomic E-state index is 0.0965. The van der Waals surface area contributed by atoms with Crippen LogP contribution >= 0.6 is 23.4 Å². The molecule has 1 aliphatic heterocycles. The minimum Gasteiger partial charge on any atom is -0.334 e. The zero-order valence-electron chi connectivity index (χ0n) is 11.5. The molecular weight excluding hydrogens is 295 g/mol. The zero-order chi connectivity index (χ0) is 14.2. The number of halogens is 2. The van der Waals surface area contributed by atoms with Gasteiger partial charge in [0.15, 0.2) is 5.17 Å². The molecule has 1 aromatic rings. The maximum Gasteiger partial charge on any atom is 0.161 e. The van der Waals surface area contributed by atoms with Crippen molar-refractivity contribution in [1.82, 2.24) is 0 Å². The number of rotatable bonds is 1. The molecule has 1 N–H and O–H groups in total. The van der Waals surface area contributed by atoms with Crippen LogP contribution < -0.4 is 5.32 Å². The maximum absolute atomic E-state index is 13.3. The molecule has 0 saturated heterocycles. The molecule has 1 saturated carbocycles. The number of nitrogens with one attached hydrogen (secondary N) is 1. The van der Waals surface area contributed by atoms with Crippen LogP contribution in [0, 0.1) is 11.7 Å². The van der Waals surface area contributed by atoms with Crippen molar-refractivity contribution in [3.05, 3.63) is 29.0 Å². The van der Waals surface area contributed by atoms with Gasteiger partial charge in [-0.1, -0.05) is 30.3 Å². The lowest BCUT2D eigenvalue weighted by atomic mass is 9.79. The SMILES string of the molecule is CC1CCC2(CC1)CSC(Nc1cc(F)ccc1Cl)=N2. The predicted molar refractivity (Wildman–Crippen MR) is 85.3 cm³/mol. The van der Waals surface area contributed by atoms with E-state index in [-0.39, 0.29) is 11.4 Å². The average Bonchev–Trinajstić information content (AvgIpc) is 2.81. The molecule has 0 radical (unpaired) electrons. The van der Waals surface area contributed by atoms with Crippen molar-refractivity contribution in [3.8, 4) is 0 Å². The Morgan fingerprint density at radius 1 is 1.40 bits per heavy atom. The molecule has 0 aromatic heterocycles. The summed E-state index contributed by atoms with van der Waals surface area (Å²) in [7, 11) is 0. The van der Waals surface area contributed by atoms with Crippen LogP contribution in [0.1, 0.15) is 32.6 Å². The lowest BCUT2D eigenvalue weighted by Crippen LogP contribution is -2.32. The van der Waals surface area contributed by atoms with E-state index in [0.29, 0.717) is 10.7 Å². The van der Waals surface area contributed by atoms with Gasteiger partial charge < -0.3 is 5.32 Å². The number of anilines is 1. The van der Waals surface area contributed by atoms with E-state index in [9.17, 15) is 4.39 Å². The van der Waals surface area contributed by atoms with Crippen LogP contribution in [0.4, 0.5) is 10.1 Å². The third-order valence-electron chi connectivity index (χ3n) is 4.19. The number of aliphatic imine (C=N–C) groups is 1. The number of thioether (sulfide) groups is 1. The number of amidine groups is 1. The molecule has 20 heavy (non-hydrogen) atoms. The molecule has 108 valence electrons. The van der Waals surface area contributed by atoms with E-state index in [1.54, 1.807) is 17.8 Å². The summed E-state index contributed by atoms with van der Waals surface area (Å²) >= 11 is 7.79. The molecule has 1 heterocycles. The molecule has 2 aliphatic rings. The minimum atomic E-state index is -0.290. The average molecular weight is 313 g/mol. The first-order chi connectivity index (χ1) is 9.56. The van der Waals surface area contributed by atoms with E-state index >= 15 is 0 Å². The number of hydrogen-bond acceptors (Lipinski definition) is 3. The molecule has 0 atom stereocenters. The standard InChI is InChI=1S/C15H18ClFN2S/c1-10-4-6-15(7-5-10)9-20-14(19-15)18-13-8-11(17)2-3-12(13)16/h2-3,8,10H,4-7,9H2,1H3,(H,18,19). The van der Waals surface area contributed by atoms with Gasteiger partial charge in [-0.2, -0.15) is 0 Å². The van der Waals surface area contributed by atoms with Crippen LogP contribution in [0.5, 0.6) is 0 Å². The molecule has 1 fully saturated rings. The van der Waals surface area contributed by atoms with Crippen LogP contribution in [-0.4, -0.2) is 16.5 Å². The monoisotopic (exact) mass is 312 g/mol. The predicted octanol–water partition coefficient (Wildman–Crippen LogP) is 4.94. The van der Waals surface area contributed by atoms with Gasteiger partial charge in [0.2, 0.25) is 0 Å². The molecule has 5 heteroatoms. The molecule has 3 rings (SSSR count). The Kier molecular flexibility index (Phi) is 3.95. The van der Waals surface area contributed by atoms with Gasteiger partial charge in [-0.05, 0) is 49.8 Å². The summed E-state index contributed by atoms with van der Waals surface area (Å²) < 4.78 is 13.3. The van der Waals surface area contributed by atoms with Crippen LogP contribution in [0.25, 0.3) is 0 Å². The summed E-state index contributed by atoms with van der Waals surface area (Å²) in [5.41, 5.74) is 0.693. The number of nitrogens with zero attached hydrogens (tertiary/aromatic N) is 1. The van der Waals surface area contributed by atoms with Gasteiger partial charge in [0.05, 0.1) is 16.2 Å². The van der Waals surface area contributed by atoms with Gasteiger partial charge in [-0.25, -0.2) is 4.39 Å². The Labute approximate surface area is 128 Å². The van der Waals surface area contributed by atoms with Gasteiger partial charge in [0, 0.05) is 5.75 Å². The van der Waals surface area contributed by atoms with Crippen molar-refractivity contribution < 1.29 is 4.39 Å². The second kappa shape index (κ2) is 5.57. The fourth-order valence-corrected chi connectivity index (χ4v) is 4.17. The summed E-state index contributed by atoms with van der Waals surface area (Å²) in [6.07, 6.45) is 4.81. The van der Waals surface area contributed by atoms with Crippen LogP contribution in [0.3, 0.4) is 0 Å². The Morgan fingerprint density at radius 3 is 2.90 bits per heavy atom. The van der Waals surface area contributed by atoms with E-state index in [1.165, 1.54) is 25.0 Å². The molecule has 0 bridgehead atoms. The van der Waals surface area contributed by atoms with Gasteiger partial charge >= 0.3 is 0 Å². The topological polar surface area (TPSA) is 24.4 Å². The van der Waals surface area contributed by atoms with Crippen molar-refractivity contribution >= 4 is 34.2 Å². The van der Waals surface area contributed by atoms with Crippen LogP contribution in [0.2, 0.25) is 5.02 Å². The second-order valence-corrected chi connectivity index (χ2v) is 7.23. The van der Waals surface area contributed by atoms with Gasteiger partial charge in [0.1, 0.15) is 5.82 Å². The number of benzene rings is 1. The largest absolute Gasteiger partial charge is 0.334 e. The Morgan fingerprint density at radius 2 is 2.15 bits per heavy atom. The molecule has 1 aliphatic carbocycles.